The number of hydrogen-bond donors (Lipinski definition) is 2. The van der Waals surface area contributed by atoms with E-state index in [1.54, 1.807) is 0 Å². The molecule has 1 aromatic carbocycles. The van der Waals surface area contributed by atoms with Gasteiger partial charge in [-0.2, -0.15) is 0 Å². The van der Waals surface area contributed by atoms with Crippen molar-refractivity contribution in [3.8, 4) is 0 Å². The summed E-state index contributed by atoms with van der Waals surface area (Å²) in [7, 11) is 0. The highest BCUT2D eigenvalue weighted by atomic mass is 35.5. The van der Waals surface area contributed by atoms with Gasteiger partial charge in [0.2, 0.25) is 0 Å². The molecule has 2 unspecified atom stereocenters. The van der Waals surface area contributed by atoms with Crippen LogP contribution in [0.25, 0.3) is 0 Å². The summed E-state index contributed by atoms with van der Waals surface area (Å²) < 4.78 is 13.1. The minimum atomic E-state index is -0.433. The molecule has 2 aliphatic rings. The van der Waals surface area contributed by atoms with Crippen molar-refractivity contribution in [2.24, 2.45) is 17.6 Å². The van der Waals surface area contributed by atoms with E-state index in [0.717, 1.165) is 25.7 Å². The van der Waals surface area contributed by atoms with Crippen LogP contribution in [0.5, 0.6) is 0 Å². The van der Waals surface area contributed by atoms with Gasteiger partial charge in [-0.1, -0.05) is 18.0 Å². The van der Waals surface area contributed by atoms with E-state index in [1.807, 2.05) is 0 Å². The second-order valence-electron chi connectivity index (χ2n) is 6.31. The largest absolute Gasteiger partial charge is 0.349 e. The molecule has 0 aromatic heterocycles. The average Bonchev–Trinajstić information content (AvgIpc) is 2.39. The topological polar surface area (TPSA) is 55.1 Å². The number of halogens is 3. The lowest BCUT2D eigenvalue weighted by Gasteiger charge is -2.45. The first-order valence-corrected chi connectivity index (χ1v) is 7.94. The summed E-state index contributed by atoms with van der Waals surface area (Å²) >= 11 is 5.97. The second kappa shape index (κ2) is 7.16. The van der Waals surface area contributed by atoms with Gasteiger partial charge in [0.25, 0.3) is 5.91 Å². The highest BCUT2D eigenvalue weighted by Crippen LogP contribution is 2.39. The van der Waals surface area contributed by atoms with Crippen molar-refractivity contribution < 1.29 is 9.18 Å². The summed E-state index contributed by atoms with van der Waals surface area (Å²) in [6.07, 6.45) is 5.39. The van der Waals surface area contributed by atoms with Crippen LogP contribution >= 0.6 is 24.0 Å². The Bertz CT molecular complexity index is 541. The maximum atomic E-state index is 13.1. The molecule has 22 heavy (non-hydrogen) atoms. The van der Waals surface area contributed by atoms with Crippen LogP contribution in [0.1, 0.15) is 42.5 Å². The Morgan fingerprint density at radius 3 is 2.50 bits per heavy atom. The minimum Gasteiger partial charge on any atom is -0.349 e. The van der Waals surface area contributed by atoms with Gasteiger partial charge in [-0.05, 0) is 55.7 Å². The fourth-order valence-corrected chi connectivity index (χ4v) is 4.18. The number of hydrogen-bond acceptors (Lipinski definition) is 2. The summed E-state index contributed by atoms with van der Waals surface area (Å²) in [5.74, 6) is 0.265. The van der Waals surface area contributed by atoms with E-state index < -0.39 is 5.82 Å². The molecule has 2 fully saturated rings. The van der Waals surface area contributed by atoms with Crippen LogP contribution in [0, 0.1) is 17.7 Å². The number of carbonyl (C=O) groups is 1. The zero-order valence-corrected chi connectivity index (χ0v) is 13.8. The second-order valence-corrected chi connectivity index (χ2v) is 6.71. The van der Waals surface area contributed by atoms with Gasteiger partial charge in [-0.3, -0.25) is 4.79 Å². The third kappa shape index (κ3) is 3.55. The predicted octanol–water partition coefficient (Wildman–Crippen LogP) is 3.54. The Morgan fingerprint density at radius 2 is 1.91 bits per heavy atom. The maximum absolute atomic E-state index is 13.1. The quantitative estimate of drug-likeness (QED) is 0.860. The summed E-state index contributed by atoms with van der Waals surface area (Å²) in [5, 5.41) is 3.27. The highest BCUT2D eigenvalue weighted by molar-refractivity contribution is 6.33. The monoisotopic (exact) mass is 346 g/mol. The van der Waals surface area contributed by atoms with Crippen LogP contribution in [0.4, 0.5) is 4.39 Å². The van der Waals surface area contributed by atoms with E-state index in [4.69, 9.17) is 17.3 Å². The van der Waals surface area contributed by atoms with Gasteiger partial charge in [0.05, 0.1) is 10.6 Å². The molecule has 3 rings (SSSR count). The highest BCUT2D eigenvalue weighted by Gasteiger charge is 2.40. The van der Waals surface area contributed by atoms with Crippen molar-refractivity contribution in [1.82, 2.24) is 5.32 Å². The van der Waals surface area contributed by atoms with E-state index in [1.165, 1.54) is 24.6 Å². The van der Waals surface area contributed by atoms with Crippen molar-refractivity contribution in [1.29, 1.82) is 0 Å². The van der Waals surface area contributed by atoms with Gasteiger partial charge in [-0.15, -0.1) is 12.4 Å². The average molecular weight is 347 g/mol. The predicted molar refractivity (Wildman–Crippen MR) is 88.0 cm³/mol. The number of benzene rings is 1. The zero-order chi connectivity index (χ0) is 15.0. The molecule has 2 bridgehead atoms. The van der Waals surface area contributed by atoms with E-state index in [2.05, 4.69) is 5.32 Å². The normalized spacial score (nSPS) is 30.3. The van der Waals surface area contributed by atoms with E-state index in [0.29, 0.717) is 17.4 Å². The van der Waals surface area contributed by atoms with Crippen molar-refractivity contribution >= 4 is 29.9 Å². The van der Waals surface area contributed by atoms with Crippen LogP contribution in [-0.2, 0) is 0 Å². The SMILES string of the molecule is Cl.NC1CC2CCCC(C1)C2NC(=O)c1ccc(F)cc1Cl. The first-order valence-electron chi connectivity index (χ1n) is 7.56. The molecule has 0 aliphatic heterocycles. The van der Waals surface area contributed by atoms with Gasteiger partial charge in [-0.25, -0.2) is 4.39 Å². The fraction of sp³-hybridized carbons (Fsp3) is 0.562. The molecule has 0 radical (unpaired) electrons. The Morgan fingerprint density at radius 1 is 1.27 bits per heavy atom. The van der Waals surface area contributed by atoms with Crippen molar-refractivity contribution in [3.05, 3.63) is 34.6 Å². The van der Waals surface area contributed by atoms with Gasteiger partial charge in [0.1, 0.15) is 5.82 Å². The first-order chi connectivity index (χ1) is 10.0. The lowest BCUT2D eigenvalue weighted by Crippen LogP contribution is -2.53. The minimum absolute atomic E-state index is 0. The summed E-state index contributed by atoms with van der Waals surface area (Å²) in [4.78, 5) is 12.4. The van der Waals surface area contributed by atoms with Crippen molar-refractivity contribution in [2.45, 2.75) is 44.2 Å². The fourth-order valence-electron chi connectivity index (χ4n) is 3.93. The molecule has 122 valence electrons. The third-order valence-corrected chi connectivity index (χ3v) is 5.16. The van der Waals surface area contributed by atoms with E-state index >= 15 is 0 Å². The van der Waals surface area contributed by atoms with Gasteiger partial charge >= 0.3 is 0 Å². The Hall–Kier alpha value is -0.840. The van der Waals surface area contributed by atoms with Crippen LogP contribution in [0.2, 0.25) is 5.02 Å². The number of nitrogens with one attached hydrogen (secondary N) is 1. The lowest BCUT2D eigenvalue weighted by molar-refractivity contribution is 0.0756. The third-order valence-electron chi connectivity index (χ3n) is 4.85. The lowest BCUT2D eigenvalue weighted by atomic mass is 9.67. The Balaban J connectivity index is 0.00000176. The molecule has 0 spiro atoms. The van der Waals surface area contributed by atoms with Crippen molar-refractivity contribution in [3.63, 3.8) is 0 Å². The molecule has 2 aliphatic carbocycles. The van der Waals surface area contributed by atoms with Gasteiger partial charge < -0.3 is 11.1 Å². The molecule has 6 heteroatoms. The zero-order valence-electron chi connectivity index (χ0n) is 12.2. The molecule has 0 saturated heterocycles. The Labute approximate surface area is 141 Å². The van der Waals surface area contributed by atoms with Crippen LogP contribution in [-0.4, -0.2) is 18.0 Å². The van der Waals surface area contributed by atoms with Crippen molar-refractivity contribution in [2.75, 3.05) is 0 Å². The first kappa shape index (κ1) is 17.5. The van der Waals surface area contributed by atoms with E-state index in [-0.39, 0.29) is 35.4 Å². The number of carbonyl (C=O) groups excluding carboxylic acids is 1. The van der Waals surface area contributed by atoms with Crippen LogP contribution < -0.4 is 11.1 Å². The van der Waals surface area contributed by atoms with Crippen LogP contribution in [0.15, 0.2) is 18.2 Å². The molecular weight excluding hydrogens is 326 g/mol. The summed E-state index contributed by atoms with van der Waals surface area (Å²) in [5.41, 5.74) is 6.43. The molecule has 3 nitrogen and oxygen atoms in total. The number of fused-ring (bicyclic) bond motifs is 2. The Kier molecular flexibility index (Phi) is 5.70. The maximum Gasteiger partial charge on any atom is 0.253 e. The van der Waals surface area contributed by atoms with Crippen LogP contribution in [0.3, 0.4) is 0 Å². The molecule has 1 aromatic rings. The molecule has 2 saturated carbocycles. The van der Waals surface area contributed by atoms with Gasteiger partial charge in [0, 0.05) is 12.1 Å². The molecule has 0 heterocycles. The summed E-state index contributed by atoms with van der Waals surface area (Å²) in [6.45, 7) is 0. The smallest absolute Gasteiger partial charge is 0.253 e. The molecular formula is C16H21Cl2FN2O. The number of amides is 1. The summed E-state index contributed by atoms with van der Waals surface area (Å²) in [6, 6.07) is 4.30. The van der Waals surface area contributed by atoms with E-state index in [9.17, 15) is 9.18 Å². The number of nitrogens with two attached hydrogens (primary N) is 1. The molecule has 3 N–H and O–H groups in total. The molecule has 1 amide bonds. The standard InChI is InChI=1S/C16H20ClFN2O.ClH/c17-14-8-11(18)4-5-13(14)16(21)20-15-9-2-1-3-10(15)7-12(19)6-9;/h4-5,8-10,12,15H,1-3,6-7,19H2,(H,20,21);1H. The van der Waals surface area contributed by atoms with Gasteiger partial charge in [0.15, 0.2) is 0 Å². The number of rotatable bonds is 2. The molecule has 2 atom stereocenters.